The lowest BCUT2D eigenvalue weighted by atomic mass is 10.1. The lowest BCUT2D eigenvalue weighted by Crippen LogP contribution is -2.13. The highest BCUT2D eigenvalue weighted by molar-refractivity contribution is 5.32. The Balaban J connectivity index is 2.41. The molecule has 0 atom stereocenters. The van der Waals surface area contributed by atoms with E-state index < -0.39 is 0 Å². The first-order valence-electron chi connectivity index (χ1n) is 4.18. The maximum atomic E-state index is 5.45. The van der Waals surface area contributed by atoms with E-state index in [9.17, 15) is 0 Å². The van der Waals surface area contributed by atoms with Crippen LogP contribution in [0.25, 0.3) is 0 Å². The second-order valence-electron chi connectivity index (χ2n) is 3.13. The van der Waals surface area contributed by atoms with Gasteiger partial charge in [0, 0.05) is 6.54 Å². The van der Waals surface area contributed by atoms with E-state index in [4.69, 9.17) is 6.42 Å². The number of hydrogen-bond donors (Lipinski definition) is 0. The molecule has 0 N–H and O–H groups in total. The molecular formula is C9H11N3. The molecule has 1 aliphatic carbocycles. The fourth-order valence-electron chi connectivity index (χ4n) is 1.42. The highest BCUT2D eigenvalue weighted by atomic mass is 15.3. The summed E-state index contributed by atoms with van der Waals surface area (Å²) in [6.45, 7) is 2.89. The van der Waals surface area contributed by atoms with Gasteiger partial charge in [-0.3, -0.25) is 0 Å². The predicted molar refractivity (Wildman–Crippen MR) is 45.4 cm³/mol. The van der Waals surface area contributed by atoms with E-state index in [0.29, 0.717) is 0 Å². The molecule has 62 valence electrons. The van der Waals surface area contributed by atoms with Gasteiger partial charge in [-0.05, 0) is 19.8 Å². The summed E-state index contributed by atoms with van der Waals surface area (Å²) in [5.41, 5.74) is -0.0769. The van der Waals surface area contributed by atoms with E-state index in [2.05, 4.69) is 16.0 Å². The van der Waals surface area contributed by atoms with Crippen LogP contribution in [0.2, 0.25) is 0 Å². The summed E-state index contributed by atoms with van der Waals surface area (Å²) < 4.78 is 1.88. The van der Waals surface area contributed by atoms with Crippen molar-refractivity contribution >= 4 is 0 Å². The Morgan fingerprint density at radius 1 is 1.75 bits per heavy atom. The number of aryl methyl sites for hydroxylation is 1. The molecule has 0 aromatic carbocycles. The fraction of sp³-hybridized carbons (Fsp3) is 0.556. The van der Waals surface area contributed by atoms with Gasteiger partial charge in [-0.15, -0.1) is 6.42 Å². The summed E-state index contributed by atoms with van der Waals surface area (Å²) >= 11 is 0. The van der Waals surface area contributed by atoms with Crippen molar-refractivity contribution in [2.24, 2.45) is 0 Å². The molecule has 3 nitrogen and oxygen atoms in total. The SMILES string of the molecule is C#CC1(c2ncnn2CC)CC1. The summed E-state index contributed by atoms with van der Waals surface area (Å²) in [4.78, 5) is 4.20. The Kier molecular flexibility index (Phi) is 1.44. The van der Waals surface area contributed by atoms with E-state index in [1.54, 1.807) is 6.33 Å². The monoisotopic (exact) mass is 161 g/mol. The van der Waals surface area contributed by atoms with E-state index in [0.717, 1.165) is 25.2 Å². The first kappa shape index (κ1) is 7.35. The minimum absolute atomic E-state index is 0.0769. The molecule has 1 fully saturated rings. The van der Waals surface area contributed by atoms with E-state index in [1.807, 2.05) is 11.6 Å². The van der Waals surface area contributed by atoms with Gasteiger partial charge in [0.15, 0.2) is 0 Å². The first-order valence-corrected chi connectivity index (χ1v) is 4.18. The molecule has 1 aromatic heterocycles. The van der Waals surface area contributed by atoms with Crippen LogP contribution in [0.3, 0.4) is 0 Å². The normalized spacial score (nSPS) is 18.7. The van der Waals surface area contributed by atoms with Gasteiger partial charge in [-0.1, -0.05) is 5.92 Å². The average molecular weight is 161 g/mol. The first-order chi connectivity index (χ1) is 5.82. The molecule has 0 saturated heterocycles. The summed E-state index contributed by atoms with van der Waals surface area (Å²) in [6, 6.07) is 0. The van der Waals surface area contributed by atoms with Crippen molar-refractivity contribution in [1.82, 2.24) is 14.8 Å². The molecule has 0 amide bonds. The highest BCUT2D eigenvalue weighted by Gasteiger charge is 2.46. The maximum Gasteiger partial charge on any atom is 0.145 e. The highest BCUT2D eigenvalue weighted by Crippen LogP contribution is 2.46. The third-order valence-electron chi connectivity index (χ3n) is 2.37. The lowest BCUT2D eigenvalue weighted by molar-refractivity contribution is 0.593. The van der Waals surface area contributed by atoms with Crippen LogP contribution in [0.4, 0.5) is 0 Å². The largest absolute Gasteiger partial charge is 0.249 e. The van der Waals surface area contributed by atoms with Crippen molar-refractivity contribution < 1.29 is 0 Å². The molecule has 1 saturated carbocycles. The summed E-state index contributed by atoms with van der Waals surface area (Å²) in [5.74, 6) is 3.77. The summed E-state index contributed by atoms with van der Waals surface area (Å²) in [6.07, 6.45) is 9.15. The molecular weight excluding hydrogens is 150 g/mol. The number of hydrogen-bond acceptors (Lipinski definition) is 2. The van der Waals surface area contributed by atoms with Crippen LogP contribution >= 0.6 is 0 Å². The van der Waals surface area contributed by atoms with Crippen molar-refractivity contribution in [2.75, 3.05) is 0 Å². The smallest absolute Gasteiger partial charge is 0.145 e. The molecule has 0 spiro atoms. The Morgan fingerprint density at radius 3 is 3.00 bits per heavy atom. The number of nitrogens with zero attached hydrogens (tertiary/aromatic N) is 3. The molecule has 0 unspecified atom stereocenters. The molecule has 0 aliphatic heterocycles. The van der Waals surface area contributed by atoms with E-state index in [-0.39, 0.29) is 5.41 Å². The van der Waals surface area contributed by atoms with E-state index >= 15 is 0 Å². The predicted octanol–water partition coefficient (Wildman–Crippen LogP) is 0.963. The van der Waals surface area contributed by atoms with E-state index in [1.165, 1.54) is 0 Å². The van der Waals surface area contributed by atoms with Crippen LogP contribution in [-0.2, 0) is 12.0 Å². The topological polar surface area (TPSA) is 30.7 Å². The minimum atomic E-state index is -0.0769. The van der Waals surface area contributed by atoms with Crippen LogP contribution in [0.1, 0.15) is 25.6 Å². The van der Waals surface area contributed by atoms with Gasteiger partial charge in [-0.2, -0.15) is 5.10 Å². The molecule has 1 heterocycles. The maximum absolute atomic E-state index is 5.45. The van der Waals surface area contributed by atoms with Crippen LogP contribution in [-0.4, -0.2) is 14.8 Å². The molecule has 2 rings (SSSR count). The molecule has 12 heavy (non-hydrogen) atoms. The zero-order valence-corrected chi connectivity index (χ0v) is 7.12. The molecule has 0 bridgehead atoms. The zero-order chi connectivity index (χ0) is 8.60. The third kappa shape index (κ3) is 0.845. The van der Waals surface area contributed by atoms with Gasteiger partial charge in [0.1, 0.15) is 12.2 Å². The molecule has 3 heteroatoms. The molecule has 1 aliphatic rings. The van der Waals surface area contributed by atoms with Gasteiger partial charge in [-0.25, -0.2) is 9.67 Å². The third-order valence-corrected chi connectivity index (χ3v) is 2.37. The Labute approximate surface area is 71.8 Å². The summed E-state index contributed by atoms with van der Waals surface area (Å²) in [7, 11) is 0. The van der Waals surface area contributed by atoms with Crippen molar-refractivity contribution in [1.29, 1.82) is 0 Å². The second-order valence-corrected chi connectivity index (χ2v) is 3.13. The van der Waals surface area contributed by atoms with Crippen LogP contribution in [0, 0.1) is 12.3 Å². The van der Waals surface area contributed by atoms with Crippen molar-refractivity contribution in [3.05, 3.63) is 12.2 Å². The Hall–Kier alpha value is -1.30. The van der Waals surface area contributed by atoms with Gasteiger partial charge in [0.2, 0.25) is 0 Å². The second kappa shape index (κ2) is 2.34. The van der Waals surface area contributed by atoms with Crippen LogP contribution in [0.15, 0.2) is 6.33 Å². The van der Waals surface area contributed by atoms with Crippen LogP contribution in [0.5, 0.6) is 0 Å². The molecule has 1 aromatic rings. The Morgan fingerprint density at radius 2 is 2.50 bits per heavy atom. The minimum Gasteiger partial charge on any atom is -0.249 e. The quantitative estimate of drug-likeness (QED) is 0.605. The number of rotatable bonds is 2. The zero-order valence-electron chi connectivity index (χ0n) is 7.12. The van der Waals surface area contributed by atoms with Gasteiger partial charge >= 0.3 is 0 Å². The van der Waals surface area contributed by atoms with Crippen molar-refractivity contribution in [3.8, 4) is 12.3 Å². The van der Waals surface area contributed by atoms with Crippen molar-refractivity contribution in [3.63, 3.8) is 0 Å². The molecule has 0 radical (unpaired) electrons. The van der Waals surface area contributed by atoms with Crippen LogP contribution < -0.4 is 0 Å². The van der Waals surface area contributed by atoms with Gasteiger partial charge < -0.3 is 0 Å². The average Bonchev–Trinajstić information content (AvgIpc) is 2.76. The number of terminal acetylenes is 1. The summed E-state index contributed by atoms with van der Waals surface area (Å²) in [5, 5.41) is 4.10. The lowest BCUT2D eigenvalue weighted by Gasteiger charge is -2.06. The standard InChI is InChI=1S/C9H11N3/c1-3-9(5-6-9)8-10-7-11-12(8)4-2/h1,7H,4-6H2,2H3. The number of aromatic nitrogens is 3. The van der Waals surface area contributed by atoms with Crippen molar-refractivity contribution in [2.45, 2.75) is 31.7 Å². The fourth-order valence-corrected chi connectivity index (χ4v) is 1.42. The Bertz CT molecular complexity index is 328. The van der Waals surface area contributed by atoms with Gasteiger partial charge in [0.25, 0.3) is 0 Å². The van der Waals surface area contributed by atoms with Gasteiger partial charge in [0.05, 0.1) is 5.41 Å².